The number of nitrogen functional groups attached to an aromatic ring is 1. The molecule has 1 heterocycles. The van der Waals surface area contributed by atoms with Gasteiger partial charge < -0.3 is 11.1 Å². The van der Waals surface area contributed by atoms with Gasteiger partial charge in [0.25, 0.3) is 0 Å². The van der Waals surface area contributed by atoms with Crippen LogP contribution < -0.4 is 11.1 Å². The van der Waals surface area contributed by atoms with Gasteiger partial charge in [0.05, 0.1) is 0 Å². The van der Waals surface area contributed by atoms with Crippen molar-refractivity contribution < 1.29 is 0 Å². The maximum atomic E-state index is 5.93. The van der Waals surface area contributed by atoms with Crippen molar-refractivity contribution in [3.8, 4) is 0 Å². The van der Waals surface area contributed by atoms with E-state index in [0.29, 0.717) is 11.7 Å². The van der Waals surface area contributed by atoms with Gasteiger partial charge in [-0.05, 0) is 30.0 Å². The number of nitrogens with zero attached hydrogens (tertiary/aromatic N) is 2. The predicted octanol–water partition coefficient (Wildman–Crippen LogP) is 3.88. The summed E-state index contributed by atoms with van der Waals surface area (Å²) >= 11 is 0. The Kier molecular flexibility index (Phi) is 4.56. The second kappa shape index (κ2) is 6.37. The van der Waals surface area contributed by atoms with Gasteiger partial charge >= 0.3 is 0 Å². The molecule has 0 saturated carbocycles. The van der Waals surface area contributed by atoms with Gasteiger partial charge in [0.15, 0.2) is 0 Å². The van der Waals surface area contributed by atoms with Gasteiger partial charge in [-0.25, -0.2) is 9.97 Å². The molecule has 4 heteroatoms. The van der Waals surface area contributed by atoms with Gasteiger partial charge in [0.1, 0.15) is 18.0 Å². The molecule has 0 fully saturated rings. The molecule has 106 valence electrons. The fraction of sp³-hybridized carbons (Fsp3) is 0.375. The first-order valence-electron chi connectivity index (χ1n) is 7.08. The number of nitrogens with one attached hydrogen (secondary N) is 1. The van der Waals surface area contributed by atoms with Gasteiger partial charge in [-0.1, -0.05) is 39.3 Å². The molecule has 4 nitrogen and oxygen atoms in total. The average molecular weight is 270 g/mol. The lowest BCUT2D eigenvalue weighted by Gasteiger charge is -2.12. The zero-order valence-electron chi connectivity index (χ0n) is 12.4. The molecule has 1 aromatic carbocycles. The summed E-state index contributed by atoms with van der Waals surface area (Å²) in [4.78, 5) is 8.37. The van der Waals surface area contributed by atoms with Crippen molar-refractivity contribution in [1.82, 2.24) is 9.97 Å². The molecule has 0 aliphatic heterocycles. The Morgan fingerprint density at radius 3 is 2.45 bits per heavy atom. The van der Waals surface area contributed by atoms with Crippen LogP contribution in [0.4, 0.5) is 17.3 Å². The molecule has 2 aromatic rings. The van der Waals surface area contributed by atoms with E-state index < -0.39 is 0 Å². The van der Waals surface area contributed by atoms with E-state index in [1.165, 1.54) is 11.9 Å². The van der Waals surface area contributed by atoms with Crippen LogP contribution in [-0.2, 0) is 6.42 Å². The highest BCUT2D eigenvalue weighted by molar-refractivity contribution is 5.63. The second-order valence-corrected chi connectivity index (χ2v) is 5.24. The first-order valence-corrected chi connectivity index (χ1v) is 7.08. The molecule has 0 saturated heterocycles. The molecule has 1 aromatic heterocycles. The molecule has 0 spiro atoms. The van der Waals surface area contributed by atoms with Gasteiger partial charge in [-0.2, -0.15) is 0 Å². The number of hydrogen-bond acceptors (Lipinski definition) is 4. The largest absolute Gasteiger partial charge is 0.383 e. The van der Waals surface area contributed by atoms with Crippen molar-refractivity contribution in [3.63, 3.8) is 0 Å². The normalized spacial score (nSPS) is 10.8. The standard InChI is InChI=1S/C16H22N4/c1-4-5-14-15(17)18-10-19-16(14)20-13-8-6-12(7-9-13)11(2)3/h6-11H,4-5H2,1-3H3,(H3,17,18,19,20). The summed E-state index contributed by atoms with van der Waals surface area (Å²) in [5, 5.41) is 3.33. The third kappa shape index (κ3) is 3.26. The van der Waals surface area contributed by atoms with Crippen LogP contribution in [0, 0.1) is 0 Å². The molecule has 20 heavy (non-hydrogen) atoms. The number of hydrogen-bond donors (Lipinski definition) is 2. The maximum Gasteiger partial charge on any atom is 0.139 e. The van der Waals surface area contributed by atoms with Crippen LogP contribution in [0.15, 0.2) is 30.6 Å². The maximum absolute atomic E-state index is 5.93. The fourth-order valence-corrected chi connectivity index (χ4v) is 2.12. The Morgan fingerprint density at radius 1 is 1.15 bits per heavy atom. The van der Waals surface area contributed by atoms with Gasteiger partial charge in [-0.3, -0.25) is 0 Å². The Bertz CT molecular complexity index is 561. The minimum absolute atomic E-state index is 0.536. The molecule has 2 rings (SSSR count). The van der Waals surface area contributed by atoms with Crippen molar-refractivity contribution in [3.05, 3.63) is 41.7 Å². The van der Waals surface area contributed by atoms with E-state index in [-0.39, 0.29) is 0 Å². The number of aromatic nitrogens is 2. The highest BCUT2D eigenvalue weighted by atomic mass is 15.0. The lowest BCUT2D eigenvalue weighted by molar-refractivity contribution is 0.867. The summed E-state index contributed by atoms with van der Waals surface area (Å²) in [5.41, 5.74) is 9.27. The molecule has 0 amide bonds. The molecular formula is C16H22N4. The Labute approximate surface area is 120 Å². The first-order chi connectivity index (χ1) is 9.61. The second-order valence-electron chi connectivity index (χ2n) is 5.24. The van der Waals surface area contributed by atoms with Crippen molar-refractivity contribution in [2.24, 2.45) is 0 Å². The monoisotopic (exact) mass is 270 g/mol. The van der Waals surface area contributed by atoms with Crippen LogP contribution in [0.2, 0.25) is 0 Å². The Morgan fingerprint density at radius 2 is 1.85 bits per heavy atom. The lowest BCUT2D eigenvalue weighted by atomic mass is 10.0. The van der Waals surface area contributed by atoms with Crippen molar-refractivity contribution >= 4 is 17.3 Å². The topological polar surface area (TPSA) is 63.8 Å². The van der Waals surface area contributed by atoms with Gasteiger partial charge in [0.2, 0.25) is 0 Å². The quantitative estimate of drug-likeness (QED) is 0.865. The van der Waals surface area contributed by atoms with Gasteiger partial charge in [-0.15, -0.1) is 0 Å². The third-order valence-electron chi connectivity index (χ3n) is 3.32. The highest BCUT2D eigenvalue weighted by Gasteiger charge is 2.08. The van der Waals surface area contributed by atoms with E-state index in [9.17, 15) is 0 Å². The number of nitrogens with two attached hydrogens (primary N) is 1. The SMILES string of the molecule is CCCc1c(N)ncnc1Nc1ccc(C(C)C)cc1. The van der Waals surface area contributed by atoms with Crippen molar-refractivity contribution in [2.45, 2.75) is 39.5 Å². The molecule has 0 aliphatic carbocycles. The summed E-state index contributed by atoms with van der Waals surface area (Å²) in [7, 11) is 0. The molecule has 0 unspecified atom stereocenters. The third-order valence-corrected chi connectivity index (χ3v) is 3.32. The predicted molar refractivity (Wildman–Crippen MR) is 84.3 cm³/mol. The summed E-state index contributed by atoms with van der Waals surface area (Å²) in [6.07, 6.45) is 3.39. The van der Waals surface area contributed by atoms with Crippen LogP contribution in [-0.4, -0.2) is 9.97 Å². The minimum atomic E-state index is 0.536. The van der Waals surface area contributed by atoms with Gasteiger partial charge in [0, 0.05) is 11.3 Å². The van der Waals surface area contributed by atoms with E-state index in [2.05, 4.69) is 60.3 Å². The van der Waals surface area contributed by atoms with E-state index in [0.717, 1.165) is 29.9 Å². The first kappa shape index (κ1) is 14.3. The summed E-state index contributed by atoms with van der Waals surface area (Å²) in [6, 6.07) is 8.42. The van der Waals surface area contributed by atoms with E-state index in [1.807, 2.05) is 0 Å². The Hall–Kier alpha value is -2.10. The van der Waals surface area contributed by atoms with Crippen LogP contribution >= 0.6 is 0 Å². The summed E-state index contributed by atoms with van der Waals surface area (Å²) in [5.74, 6) is 1.90. The highest BCUT2D eigenvalue weighted by Crippen LogP contribution is 2.24. The van der Waals surface area contributed by atoms with Crippen LogP contribution in [0.3, 0.4) is 0 Å². The zero-order valence-corrected chi connectivity index (χ0v) is 12.4. The van der Waals surface area contributed by atoms with Crippen molar-refractivity contribution in [2.75, 3.05) is 11.1 Å². The smallest absolute Gasteiger partial charge is 0.139 e. The van der Waals surface area contributed by atoms with E-state index >= 15 is 0 Å². The number of anilines is 3. The number of benzene rings is 1. The summed E-state index contributed by atoms with van der Waals surface area (Å²) in [6.45, 7) is 6.49. The number of rotatable bonds is 5. The Balaban J connectivity index is 2.23. The van der Waals surface area contributed by atoms with Crippen molar-refractivity contribution in [1.29, 1.82) is 0 Å². The van der Waals surface area contributed by atoms with Crippen LogP contribution in [0.25, 0.3) is 0 Å². The molecule has 0 bridgehead atoms. The minimum Gasteiger partial charge on any atom is -0.383 e. The average Bonchev–Trinajstić information content (AvgIpc) is 2.43. The van der Waals surface area contributed by atoms with E-state index in [1.54, 1.807) is 0 Å². The molecule has 0 radical (unpaired) electrons. The molecule has 3 N–H and O–H groups in total. The summed E-state index contributed by atoms with van der Waals surface area (Å²) < 4.78 is 0. The molecule has 0 aliphatic rings. The van der Waals surface area contributed by atoms with Crippen LogP contribution in [0.5, 0.6) is 0 Å². The molecule has 0 atom stereocenters. The molecular weight excluding hydrogens is 248 g/mol. The fourth-order valence-electron chi connectivity index (χ4n) is 2.12. The lowest BCUT2D eigenvalue weighted by Crippen LogP contribution is -2.05. The van der Waals surface area contributed by atoms with E-state index in [4.69, 9.17) is 5.73 Å². The van der Waals surface area contributed by atoms with Crippen LogP contribution in [0.1, 0.15) is 44.2 Å². The zero-order chi connectivity index (χ0) is 14.5.